The zero-order valence-electron chi connectivity index (χ0n) is 63.9. The molecule has 0 saturated carbocycles. The van der Waals surface area contributed by atoms with Crippen LogP contribution in [0.2, 0.25) is 0 Å². The number of nitrogens with zero attached hydrogens (tertiary/aromatic N) is 10. The van der Waals surface area contributed by atoms with Crippen molar-refractivity contribution in [3.05, 3.63) is 93.6 Å². The molecule has 620 valence electrons. The van der Waals surface area contributed by atoms with Gasteiger partial charge in [0.05, 0.1) is 95.7 Å². The van der Waals surface area contributed by atoms with Gasteiger partial charge in [0.1, 0.15) is 17.8 Å². The second kappa shape index (κ2) is 52.3. The Balaban J connectivity index is 0.859. The van der Waals surface area contributed by atoms with E-state index < -0.39 is 72.3 Å². The highest BCUT2D eigenvalue weighted by atomic mass is 79.9. The maximum Gasteiger partial charge on any atom is 0.326 e. The van der Waals surface area contributed by atoms with E-state index in [0.29, 0.717) is 171 Å². The molecule has 3 atom stereocenters. The van der Waals surface area contributed by atoms with Gasteiger partial charge in [-0.15, -0.1) is 5.10 Å². The number of aromatic nitrogens is 4. The van der Waals surface area contributed by atoms with E-state index in [9.17, 15) is 72.9 Å². The van der Waals surface area contributed by atoms with Gasteiger partial charge in [0.25, 0.3) is 5.91 Å². The van der Waals surface area contributed by atoms with Crippen LogP contribution in [-0.2, 0) is 81.7 Å². The third kappa shape index (κ3) is 37.4. The summed E-state index contributed by atoms with van der Waals surface area (Å²) in [6, 6.07) is 11.3. The van der Waals surface area contributed by atoms with Crippen molar-refractivity contribution >= 4 is 98.1 Å². The molecule has 2 aromatic heterocycles. The van der Waals surface area contributed by atoms with Gasteiger partial charge in [-0.05, 0) is 113 Å². The lowest BCUT2D eigenvalue weighted by atomic mass is 10.1. The molecule has 2 fully saturated rings. The highest BCUT2D eigenvalue weighted by molar-refractivity contribution is 9.10. The molecule has 0 bridgehead atoms. The number of likely N-dealkylation sites (tertiary alicyclic amines) is 1. The number of fused-ring (bicyclic) bond motifs is 1. The van der Waals surface area contributed by atoms with E-state index in [-0.39, 0.29) is 141 Å². The summed E-state index contributed by atoms with van der Waals surface area (Å²) in [7, 11) is 0. The lowest BCUT2D eigenvalue weighted by molar-refractivity contribution is -0.141. The Morgan fingerprint density at radius 1 is 0.602 bits per heavy atom. The third-order valence-electron chi connectivity index (χ3n) is 18.4. The molecule has 0 aliphatic carbocycles. The quantitative estimate of drug-likeness (QED) is 0.0223. The van der Waals surface area contributed by atoms with Crippen LogP contribution in [0.3, 0.4) is 0 Å². The van der Waals surface area contributed by atoms with Gasteiger partial charge < -0.3 is 81.5 Å². The van der Waals surface area contributed by atoms with Gasteiger partial charge in [-0.2, -0.15) is 0 Å². The zero-order chi connectivity index (χ0) is 81.5. The van der Waals surface area contributed by atoms with Crippen LogP contribution in [-0.4, -0.2) is 305 Å². The maximum absolute atomic E-state index is 13.8. The molecule has 2 aliphatic heterocycles. The van der Waals surface area contributed by atoms with Crippen molar-refractivity contribution in [2.75, 3.05) is 151 Å². The molecule has 0 unspecified atom stereocenters. The predicted molar refractivity (Wildman–Crippen MR) is 412 cm³/mol. The van der Waals surface area contributed by atoms with Crippen LogP contribution in [0.1, 0.15) is 124 Å². The molecule has 2 aliphatic rings. The number of carbonyl (C=O) groups is 12. The number of amides is 9. The van der Waals surface area contributed by atoms with E-state index in [1.54, 1.807) is 49.8 Å². The van der Waals surface area contributed by atoms with Crippen LogP contribution in [0, 0.1) is 6.57 Å². The number of carbonyl (C=O) groups excluding carboxylic acids is 8. The third-order valence-corrected chi connectivity index (χ3v) is 18.9. The minimum absolute atomic E-state index is 0.00232. The normalized spacial score (nSPS) is 14.6. The molecule has 2 saturated heterocycles. The summed E-state index contributed by atoms with van der Waals surface area (Å²) in [4.78, 5) is 167. The lowest BCUT2D eigenvalue weighted by Crippen LogP contribution is -2.47. The summed E-state index contributed by atoms with van der Waals surface area (Å²) >= 11 is 3.45. The van der Waals surface area contributed by atoms with Gasteiger partial charge in [0.2, 0.25) is 35.4 Å². The van der Waals surface area contributed by atoms with Crippen molar-refractivity contribution in [3.8, 4) is 5.75 Å². The Kier molecular flexibility index (Phi) is 42.5. The average molecular weight is 1650 g/mol. The second-order valence-corrected chi connectivity index (χ2v) is 28.1. The Morgan fingerprint density at radius 3 is 1.94 bits per heavy atom. The molecule has 9 amide bonds. The molecule has 0 radical (unpaired) electrons. The number of ether oxygens (including phenoxy) is 4. The van der Waals surface area contributed by atoms with E-state index in [4.69, 9.17) is 30.6 Å². The van der Waals surface area contributed by atoms with Crippen molar-refractivity contribution in [2.24, 2.45) is 0 Å². The van der Waals surface area contributed by atoms with Crippen LogP contribution >= 0.6 is 15.9 Å². The molecular weight excluding hydrogens is 1540 g/mol. The first kappa shape index (κ1) is 91.8. The van der Waals surface area contributed by atoms with Gasteiger partial charge in [0, 0.05) is 146 Å². The number of aryl methyl sites for hydroxylation is 1. The fraction of sp³-hybridized carbons (Fsp3) is 0.600. The van der Waals surface area contributed by atoms with Crippen molar-refractivity contribution < 1.29 is 96.9 Å². The molecule has 2 aromatic carbocycles. The number of halogens is 1. The summed E-state index contributed by atoms with van der Waals surface area (Å²) in [6.07, 6.45) is 8.39. The van der Waals surface area contributed by atoms with E-state index in [0.717, 1.165) is 16.5 Å². The highest BCUT2D eigenvalue weighted by Gasteiger charge is 2.33. The van der Waals surface area contributed by atoms with Gasteiger partial charge in [-0.1, -0.05) is 33.3 Å². The molecule has 37 nitrogen and oxygen atoms in total. The predicted octanol–water partition coefficient (Wildman–Crippen LogP) is 2.11. The molecule has 6 rings (SSSR count). The van der Waals surface area contributed by atoms with Crippen molar-refractivity contribution in [1.29, 1.82) is 0 Å². The summed E-state index contributed by atoms with van der Waals surface area (Å²) in [6.45, 7) is 13.2. The minimum Gasteiger partial charge on any atom is -0.494 e. The van der Waals surface area contributed by atoms with Crippen LogP contribution in [0.4, 0.5) is 4.79 Å². The van der Waals surface area contributed by atoms with E-state index in [1.807, 2.05) is 29.2 Å². The first-order valence-electron chi connectivity index (χ1n) is 38.3. The molecular formula is C75H108BrN17O20. The zero-order valence-corrected chi connectivity index (χ0v) is 65.5. The molecule has 4 aromatic rings. The first-order chi connectivity index (χ1) is 54.5. The van der Waals surface area contributed by atoms with Gasteiger partial charge >= 0.3 is 36.1 Å². The number of aliphatic carboxylic acids is 4. The van der Waals surface area contributed by atoms with Gasteiger partial charge in [-0.3, -0.25) is 77.4 Å². The van der Waals surface area contributed by atoms with E-state index in [2.05, 4.69) is 73.3 Å². The SMILES string of the molecule is [C-]#[N+][C@@H]1CCCN1C(=O)CNC(=O)c1ccnc2ccc(OCCCNC(=O)CCc3cn(CCOCCOCCOCCC(=O)N[C@@H](CCCCNC(=O)CN4CCN(CC(=O)O)CCN(CC(=O)O)CC4)C(=O)NCCCCC(=O)N(CCCCCNC(=O)N[C@@H](CCC(=O)O)C(=O)O)Cc4ccc(Br)cc4)nn3)cc12. The van der Waals surface area contributed by atoms with Gasteiger partial charge in [0.15, 0.2) is 0 Å². The molecule has 11 N–H and O–H groups in total. The van der Waals surface area contributed by atoms with E-state index in [1.165, 1.54) is 11.1 Å². The van der Waals surface area contributed by atoms with Crippen LogP contribution in [0.5, 0.6) is 5.75 Å². The molecule has 0 spiro atoms. The Bertz CT molecular complexity index is 3730. The number of rotatable bonds is 54. The monoisotopic (exact) mass is 1650 g/mol. The smallest absolute Gasteiger partial charge is 0.326 e. The van der Waals surface area contributed by atoms with Crippen molar-refractivity contribution in [2.45, 2.75) is 140 Å². The van der Waals surface area contributed by atoms with Crippen LogP contribution < -0.4 is 42.0 Å². The molecule has 113 heavy (non-hydrogen) atoms. The Hall–Kier alpha value is -10.0. The largest absolute Gasteiger partial charge is 0.494 e. The number of urea groups is 1. The molecule has 38 heteroatoms. The van der Waals surface area contributed by atoms with Crippen molar-refractivity contribution in [3.63, 3.8) is 0 Å². The fourth-order valence-electron chi connectivity index (χ4n) is 12.3. The average Bonchev–Trinajstić information content (AvgIpc) is 1.37. The standard InChI is InChI=1S/C75H108BrN17O20/c1-77-63-12-9-32-93(63)68(98)48-83-72(105)58-24-30-78-60-20-19-57(47-59(58)60)113-40-10-29-79-64(94)22-18-56-50-92(87-86-56)39-42-111-44-46-112-45-43-110-41-25-65(95)84-61(11-3-6-26-80-66(96)51-88-33-35-89(52-70(101)102)37-38-90(36-34-88)53-71(103)104)73(106)81-27-7-4-13-67(97)91(49-54-14-16-55(76)17-15-54)31-8-2-5-28-82-75(109)85-62(74(107)108)21-23-69(99)100/h14-17,19-20,24,30,47,50,61-63H,2-13,18,21-23,25-29,31-46,48-49,51-53H2,(H,79,94)(H,80,96)(H,81,106)(H,83,105)(H,84,95)(H,99,100)(H,101,102)(H,103,104)(H,107,108)(H2,82,85,109)/t61-,62-,63-/m0/s1. The Labute approximate surface area is 664 Å². The van der Waals surface area contributed by atoms with Crippen LogP contribution in [0.15, 0.2) is 65.4 Å². The number of nitrogens with one attached hydrogen (secondary N) is 7. The number of unbranched alkanes of at least 4 members (excludes halogenated alkanes) is 4. The van der Waals surface area contributed by atoms with Crippen molar-refractivity contribution in [1.82, 2.24) is 81.7 Å². The number of carboxylic acids is 4. The fourth-order valence-corrected chi connectivity index (χ4v) is 12.5. The summed E-state index contributed by atoms with van der Waals surface area (Å²) < 4.78 is 25.5. The minimum atomic E-state index is -1.36. The summed E-state index contributed by atoms with van der Waals surface area (Å²) in [5.74, 6) is -6.21. The lowest BCUT2D eigenvalue weighted by Gasteiger charge is -2.24. The second-order valence-electron chi connectivity index (χ2n) is 27.2. The number of benzene rings is 2. The maximum atomic E-state index is 13.8. The number of hydrogen-bond acceptors (Lipinski definition) is 22. The number of carboxylic acid groups (broad SMARTS) is 4. The Morgan fingerprint density at radius 2 is 1.25 bits per heavy atom. The van der Waals surface area contributed by atoms with Crippen LogP contribution in [0.25, 0.3) is 15.7 Å². The highest BCUT2D eigenvalue weighted by Crippen LogP contribution is 2.24. The first-order valence-corrected chi connectivity index (χ1v) is 39.1. The topological polar surface area (TPSA) is 471 Å². The summed E-state index contributed by atoms with van der Waals surface area (Å²) in [5.41, 5.74) is 2.45. The molecule has 4 heterocycles. The summed E-state index contributed by atoms with van der Waals surface area (Å²) in [5, 5.41) is 65.1. The van der Waals surface area contributed by atoms with E-state index >= 15 is 0 Å². The number of pyridine rings is 1. The number of hydrogen-bond donors (Lipinski definition) is 11. The van der Waals surface area contributed by atoms with Gasteiger partial charge in [-0.25, -0.2) is 20.8 Å².